The summed E-state index contributed by atoms with van der Waals surface area (Å²) in [7, 11) is 0. The van der Waals surface area contributed by atoms with Crippen LogP contribution in [0.2, 0.25) is 0 Å². The van der Waals surface area contributed by atoms with E-state index in [-0.39, 0.29) is 11.5 Å². The van der Waals surface area contributed by atoms with E-state index in [0.717, 1.165) is 25.7 Å². The van der Waals surface area contributed by atoms with Crippen LogP contribution in [0, 0.1) is 28.6 Å². The number of rotatable bonds is 1. The molecule has 0 spiro atoms. The highest BCUT2D eigenvalue weighted by Crippen LogP contribution is 2.64. The lowest BCUT2D eigenvalue weighted by molar-refractivity contribution is -0.124. The quantitative estimate of drug-likeness (QED) is 0.714. The highest BCUT2D eigenvalue weighted by molar-refractivity contribution is 5.79. The van der Waals surface area contributed by atoms with Gasteiger partial charge in [-0.1, -0.05) is 25.0 Å². The van der Waals surface area contributed by atoms with E-state index in [2.05, 4.69) is 13.8 Å². The number of aliphatic hydroxyl groups excluding tert-OH is 1. The second-order valence-corrected chi connectivity index (χ2v) is 9.38. The maximum atomic E-state index is 12.1. The molecular weight excluding hydrogens is 284 g/mol. The van der Waals surface area contributed by atoms with Crippen molar-refractivity contribution in [2.24, 2.45) is 28.6 Å². The topological polar surface area (TPSA) is 37.3 Å². The molecule has 2 fully saturated rings. The van der Waals surface area contributed by atoms with Crippen LogP contribution in [0.4, 0.5) is 0 Å². The van der Waals surface area contributed by atoms with Crippen LogP contribution < -0.4 is 0 Å². The Hall–Kier alpha value is -0.630. The Kier molecular flexibility index (Phi) is 3.58. The van der Waals surface area contributed by atoms with E-state index in [4.69, 9.17) is 0 Å². The van der Waals surface area contributed by atoms with Crippen LogP contribution in [-0.2, 0) is 4.79 Å². The van der Waals surface area contributed by atoms with Crippen LogP contribution in [0.1, 0.15) is 78.6 Å². The molecule has 0 saturated heterocycles. The zero-order valence-corrected chi connectivity index (χ0v) is 15.0. The average molecular weight is 316 g/mol. The molecule has 2 heteroatoms. The molecule has 6 unspecified atom stereocenters. The largest absolute Gasteiger partial charge is 0.393 e. The van der Waals surface area contributed by atoms with Gasteiger partial charge in [-0.3, -0.25) is 4.79 Å². The van der Waals surface area contributed by atoms with E-state index >= 15 is 0 Å². The van der Waals surface area contributed by atoms with Crippen molar-refractivity contribution in [1.29, 1.82) is 0 Å². The summed E-state index contributed by atoms with van der Waals surface area (Å²) in [6.45, 7) is 6.70. The van der Waals surface area contributed by atoms with E-state index < -0.39 is 0 Å². The monoisotopic (exact) mass is 316 g/mol. The summed E-state index contributed by atoms with van der Waals surface area (Å²) in [5.74, 6) is 2.05. The van der Waals surface area contributed by atoms with Gasteiger partial charge in [-0.15, -0.1) is 0 Å². The molecule has 0 aromatic carbocycles. The standard InChI is InChI=1S/C21H32O2/c1-13(22)17-6-7-18-16-5-4-14-12-15(23)8-10-20(14,2)19(16)9-11-21(17,18)3/h14-15,17-18,23H,4-12H2,1-3H3. The number of allylic oxidation sites excluding steroid dienone is 2. The number of Topliss-reactive ketones (excluding diaryl/α,β-unsaturated/α-hetero) is 1. The first-order valence-electron chi connectivity index (χ1n) is 9.77. The Balaban J connectivity index is 1.71. The minimum absolute atomic E-state index is 0.0716. The number of ketones is 1. The number of hydrogen-bond donors (Lipinski definition) is 1. The summed E-state index contributed by atoms with van der Waals surface area (Å²) < 4.78 is 0. The molecule has 4 aliphatic rings. The Morgan fingerprint density at radius 1 is 1.09 bits per heavy atom. The predicted octanol–water partition coefficient (Wildman–Crippen LogP) is 4.66. The Bertz CT molecular complexity index is 562. The number of fused-ring (bicyclic) bond motifs is 4. The molecule has 6 atom stereocenters. The second-order valence-electron chi connectivity index (χ2n) is 9.38. The molecule has 128 valence electrons. The van der Waals surface area contributed by atoms with Crippen molar-refractivity contribution in [3.8, 4) is 0 Å². The lowest BCUT2D eigenvalue weighted by atomic mass is 9.51. The fourth-order valence-corrected chi connectivity index (χ4v) is 7.11. The molecule has 0 radical (unpaired) electrons. The van der Waals surface area contributed by atoms with Crippen LogP contribution in [0.3, 0.4) is 0 Å². The average Bonchev–Trinajstić information content (AvgIpc) is 2.85. The minimum Gasteiger partial charge on any atom is -0.393 e. The van der Waals surface area contributed by atoms with Gasteiger partial charge < -0.3 is 5.11 Å². The molecule has 23 heavy (non-hydrogen) atoms. The Labute approximate surface area is 140 Å². The normalized spacial score (nSPS) is 49.4. The molecule has 0 aromatic rings. The molecule has 1 N–H and O–H groups in total. The first kappa shape index (κ1) is 15.9. The summed E-state index contributed by atoms with van der Waals surface area (Å²) in [6, 6.07) is 0. The van der Waals surface area contributed by atoms with Gasteiger partial charge in [0.1, 0.15) is 5.78 Å². The maximum Gasteiger partial charge on any atom is 0.133 e. The van der Waals surface area contributed by atoms with E-state index in [1.54, 1.807) is 11.1 Å². The van der Waals surface area contributed by atoms with Gasteiger partial charge >= 0.3 is 0 Å². The van der Waals surface area contributed by atoms with Crippen LogP contribution in [0.25, 0.3) is 0 Å². The summed E-state index contributed by atoms with van der Waals surface area (Å²) in [5.41, 5.74) is 4.06. The van der Waals surface area contributed by atoms with E-state index in [9.17, 15) is 9.90 Å². The maximum absolute atomic E-state index is 12.1. The highest BCUT2D eigenvalue weighted by atomic mass is 16.3. The van der Waals surface area contributed by atoms with Gasteiger partial charge in [-0.2, -0.15) is 0 Å². The van der Waals surface area contributed by atoms with Crippen LogP contribution in [-0.4, -0.2) is 17.0 Å². The summed E-state index contributed by atoms with van der Waals surface area (Å²) in [4.78, 5) is 12.1. The highest BCUT2D eigenvalue weighted by Gasteiger charge is 2.55. The summed E-state index contributed by atoms with van der Waals surface area (Å²) in [5, 5.41) is 10.1. The number of carbonyl (C=O) groups is 1. The minimum atomic E-state index is -0.0716. The number of carbonyl (C=O) groups excluding carboxylic acids is 1. The molecule has 0 aliphatic heterocycles. The third-order valence-corrected chi connectivity index (χ3v) is 8.45. The van der Waals surface area contributed by atoms with Crippen LogP contribution in [0.15, 0.2) is 11.1 Å². The van der Waals surface area contributed by atoms with Gasteiger partial charge in [0.2, 0.25) is 0 Å². The molecule has 0 bridgehead atoms. The zero-order valence-electron chi connectivity index (χ0n) is 15.0. The molecule has 0 aromatic heterocycles. The fraction of sp³-hybridized carbons (Fsp3) is 0.857. The van der Waals surface area contributed by atoms with Crippen molar-refractivity contribution in [1.82, 2.24) is 0 Å². The Morgan fingerprint density at radius 3 is 2.61 bits per heavy atom. The van der Waals surface area contributed by atoms with Crippen molar-refractivity contribution in [2.45, 2.75) is 84.7 Å². The fourth-order valence-electron chi connectivity index (χ4n) is 7.11. The lowest BCUT2D eigenvalue weighted by Gasteiger charge is -2.54. The first-order valence-corrected chi connectivity index (χ1v) is 9.77. The summed E-state index contributed by atoms with van der Waals surface area (Å²) >= 11 is 0. The molecule has 0 heterocycles. The van der Waals surface area contributed by atoms with Crippen LogP contribution in [0.5, 0.6) is 0 Å². The second kappa shape index (κ2) is 5.18. The Morgan fingerprint density at radius 2 is 1.87 bits per heavy atom. The first-order chi connectivity index (χ1) is 10.9. The lowest BCUT2D eigenvalue weighted by Crippen LogP contribution is -2.45. The SMILES string of the molecule is CC(=O)C1CCC2C3=C(CCC12C)C1(C)CCC(O)CC1CC3. The van der Waals surface area contributed by atoms with E-state index in [1.165, 1.54) is 32.1 Å². The predicted molar refractivity (Wildman–Crippen MR) is 92.0 cm³/mol. The molecule has 2 saturated carbocycles. The van der Waals surface area contributed by atoms with Crippen molar-refractivity contribution in [3.05, 3.63) is 11.1 Å². The van der Waals surface area contributed by atoms with Gasteiger partial charge in [-0.25, -0.2) is 0 Å². The third kappa shape index (κ3) is 2.13. The smallest absolute Gasteiger partial charge is 0.133 e. The van der Waals surface area contributed by atoms with Crippen molar-refractivity contribution >= 4 is 5.78 Å². The van der Waals surface area contributed by atoms with Gasteiger partial charge in [-0.05, 0) is 87.4 Å². The van der Waals surface area contributed by atoms with Crippen LogP contribution >= 0.6 is 0 Å². The molecule has 2 nitrogen and oxygen atoms in total. The summed E-state index contributed by atoms with van der Waals surface area (Å²) in [6.07, 6.45) is 10.3. The van der Waals surface area contributed by atoms with Crippen molar-refractivity contribution in [3.63, 3.8) is 0 Å². The molecular formula is C21H32O2. The van der Waals surface area contributed by atoms with Gasteiger partial charge in [0.05, 0.1) is 6.10 Å². The van der Waals surface area contributed by atoms with Crippen molar-refractivity contribution < 1.29 is 9.90 Å². The number of aliphatic hydroxyl groups is 1. The zero-order chi connectivity index (χ0) is 16.4. The van der Waals surface area contributed by atoms with Gasteiger partial charge in [0.15, 0.2) is 0 Å². The number of hydrogen-bond acceptors (Lipinski definition) is 2. The molecule has 0 amide bonds. The van der Waals surface area contributed by atoms with E-state index in [0.29, 0.717) is 29.0 Å². The van der Waals surface area contributed by atoms with Gasteiger partial charge in [0.25, 0.3) is 0 Å². The van der Waals surface area contributed by atoms with Gasteiger partial charge in [0, 0.05) is 5.92 Å². The third-order valence-electron chi connectivity index (χ3n) is 8.45. The molecule has 4 rings (SSSR count). The molecule has 4 aliphatic carbocycles. The van der Waals surface area contributed by atoms with Crippen molar-refractivity contribution in [2.75, 3.05) is 0 Å². The van der Waals surface area contributed by atoms with E-state index in [1.807, 2.05) is 6.92 Å².